The minimum atomic E-state index is -3.55. The minimum Gasteiger partial charge on any atom is -0.215 e. The van der Waals surface area contributed by atoms with E-state index in [1.807, 2.05) is 0 Å². The number of rotatable bonds is 5. The van der Waals surface area contributed by atoms with Gasteiger partial charge in [-0.15, -0.1) is 0 Å². The third-order valence-electron chi connectivity index (χ3n) is 3.71. The lowest BCUT2D eigenvalue weighted by Gasteiger charge is -2.21. The predicted molar refractivity (Wildman–Crippen MR) is 78.6 cm³/mol. The topological polar surface area (TPSA) is 46.2 Å². The van der Waals surface area contributed by atoms with Gasteiger partial charge in [0.2, 0.25) is 10.0 Å². The summed E-state index contributed by atoms with van der Waals surface area (Å²) < 4.78 is 40.2. The van der Waals surface area contributed by atoms with Crippen molar-refractivity contribution in [3.8, 4) is 0 Å². The van der Waals surface area contributed by atoms with E-state index in [9.17, 15) is 12.8 Å². The lowest BCUT2D eigenvalue weighted by Crippen LogP contribution is -2.31. The van der Waals surface area contributed by atoms with E-state index >= 15 is 0 Å². The highest BCUT2D eigenvalue weighted by Gasteiger charge is 2.20. The summed E-state index contributed by atoms with van der Waals surface area (Å²) in [4.78, 5) is 0. The monoisotopic (exact) mass is 319 g/mol. The SMILES string of the molecule is O=S(=O)(Cc1c(F)cccc1Cl)NCC1CCCCC1. The van der Waals surface area contributed by atoms with E-state index in [0.717, 1.165) is 25.7 Å². The van der Waals surface area contributed by atoms with Crippen molar-refractivity contribution in [1.29, 1.82) is 0 Å². The maximum Gasteiger partial charge on any atom is 0.215 e. The standard InChI is InChI=1S/C14H19ClFNO2S/c15-13-7-4-8-14(16)12(13)10-20(18,19)17-9-11-5-2-1-3-6-11/h4,7-8,11,17H,1-3,5-6,9-10H2. The molecule has 112 valence electrons. The minimum absolute atomic E-state index is 0.0327. The van der Waals surface area contributed by atoms with Crippen LogP contribution >= 0.6 is 11.6 Å². The third-order valence-corrected chi connectivity index (χ3v) is 5.34. The van der Waals surface area contributed by atoms with Gasteiger partial charge in [0.15, 0.2) is 0 Å². The largest absolute Gasteiger partial charge is 0.215 e. The van der Waals surface area contributed by atoms with Gasteiger partial charge in [0, 0.05) is 17.1 Å². The lowest BCUT2D eigenvalue weighted by atomic mass is 9.90. The first-order valence-electron chi connectivity index (χ1n) is 6.88. The van der Waals surface area contributed by atoms with Crippen LogP contribution in [0.2, 0.25) is 5.02 Å². The Hall–Kier alpha value is -0.650. The van der Waals surface area contributed by atoms with Gasteiger partial charge in [-0.1, -0.05) is 36.9 Å². The summed E-state index contributed by atoms with van der Waals surface area (Å²) in [6.07, 6.45) is 5.66. The number of sulfonamides is 1. The molecular formula is C14H19ClFNO2S. The van der Waals surface area contributed by atoms with E-state index in [4.69, 9.17) is 11.6 Å². The number of hydrogen-bond acceptors (Lipinski definition) is 2. The summed E-state index contributed by atoms with van der Waals surface area (Å²) >= 11 is 5.85. The highest BCUT2D eigenvalue weighted by atomic mass is 35.5. The molecule has 20 heavy (non-hydrogen) atoms. The Kier molecular flexibility index (Phi) is 5.41. The zero-order valence-electron chi connectivity index (χ0n) is 11.2. The molecule has 0 heterocycles. The molecule has 0 spiro atoms. The number of hydrogen-bond donors (Lipinski definition) is 1. The Bertz CT molecular complexity index is 536. The molecule has 1 saturated carbocycles. The van der Waals surface area contributed by atoms with Crippen LogP contribution < -0.4 is 4.72 Å². The van der Waals surface area contributed by atoms with Crippen molar-refractivity contribution in [2.24, 2.45) is 5.92 Å². The molecule has 6 heteroatoms. The summed E-state index contributed by atoms with van der Waals surface area (Å²) in [6, 6.07) is 4.18. The molecule has 1 aromatic rings. The van der Waals surface area contributed by atoms with E-state index in [2.05, 4.69) is 4.72 Å². The van der Waals surface area contributed by atoms with Gasteiger partial charge in [-0.2, -0.15) is 0 Å². The second-order valence-corrected chi connectivity index (χ2v) is 7.53. The van der Waals surface area contributed by atoms with Crippen molar-refractivity contribution in [1.82, 2.24) is 4.72 Å². The van der Waals surface area contributed by atoms with Crippen LogP contribution in [-0.4, -0.2) is 15.0 Å². The highest BCUT2D eigenvalue weighted by molar-refractivity contribution is 7.88. The molecule has 1 aliphatic rings. The molecule has 1 N–H and O–H groups in total. The molecule has 0 aliphatic heterocycles. The highest BCUT2D eigenvalue weighted by Crippen LogP contribution is 2.24. The van der Waals surface area contributed by atoms with Crippen LogP contribution in [0.25, 0.3) is 0 Å². The van der Waals surface area contributed by atoms with Crippen LogP contribution in [0.15, 0.2) is 18.2 Å². The summed E-state index contributed by atoms with van der Waals surface area (Å²) in [5.74, 6) is -0.597. The second kappa shape index (κ2) is 6.87. The van der Waals surface area contributed by atoms with Crippen LogP contribution in [0, 0.1) is 11.7 Å². The van der Waals surface area contributed by atoms with Gasteiger partial charge in [0.05, 0.1) is 5.75 Å². The Morgan fingerprint density at radius 2 is 1.95 bits per heavy atom. The molecule has 0 atom stereocenters. The summed E-state index contributed by atoms with van der Waals surface area (Å²) in [7, 11) is -3.55. The molecule has 0 amide bonds. The van der Waals surface area contributed by atoms with Crippen LogP contribution in [0.1, 0.15) is 37.7 Å². The Balaban J connectivity index is 1.96. The number of nitrogens with one attached hydrogen (secondary N) is 1. The molecule has 0 aromatic heterocycles. The van der Waals surface area contributed by atoms with Gasteiger partial charge in [0.1, 0.15) is 5.82 Å². The van der Waals surface area contributed by atoms with Gasteiger partial charge in [-0.25, -0.2) is 17.5 Å². The number of benzene rings is 1. The van der Waals surface area contributed by atoms with Crippen LogP contribution in [-0.2, 0) is 15.8 Å². The van der Waals surface area contributed by atoms with Gasteiger partial charge in [0.25, 0.3) is 0 Å². The van der Waals surface area contributed by atoms with Crippen molar-refractivity contribution >= 4 is 21.6 Å². The second-order valence-electron chi connectivity index (χ2n) is 5.31. The van der Waals surface area contributed by atoms with Crippen molar-refractivity contribution in [3.05, 3.63) is 34.6 Å². The molecule has 1 fully saturated rings. The van der Waals surface area contributed by atoms with Crippen molar-refractivity contribution in [2.45, 2.75) is 37.9 Å². The summed E-state index contributed by atoms with van der Waals surface area (Å²) in [5.41, 5.74) is 0.0327. The summed E-state index contributed by atoms with van der Waals surface area (Å²) in [5, 5.41) is 0.146. The van der Waals surface area contributed by atoms with E-state index in [1.54, 1.807) is 0 Å². The van der Waals surface area contributed by atoms with Crippen molar-refractivity contribution in [2.75, 3.05) is 6.54 Å². The average Bonchev–Trinajstić information content (AvgIpc) is 2.42. The quantitative estimate of drug-likeness (QED) is 0.903. The normalized spacial score (nSPS) is 17.3. The molecule has 1 aliphatic carbocycles. The van der Waals surface area contributed by atoms with E-state index in [-0.39, 0.29) is 10.6 Å². The first-order valence-corrected chi connectivity index (χ1v) is 8.91. The number of halogens is 2. The Morgan fingerprint density at radius 1 is 1.25 bits per heavy atom. The maximum atomic E-state index is 13.6. The summed E-state index contributed by atoms with van der Waals surface area (Å²) in [6.45, 7) is 0.439. The molecule has 3 nitrogen and oxygen atoms in total. The Labute approximate surface area is 124 Å². The zero-order valence-corrected chi connectivity index (χ0v) is 12.8. The fourth-order valence-electron chi connectivity index (χ4n) is 2.55. The molecule has 0 unspecified atom stereocenters. The fourth-order valence-corrected chi connectivity index (χ4v) is 4.12. The zero-order chi connectivity index (χ0) is 14.6. The van der Waals surface area contributed by atoms with Gasteiger partial charge < -0.3 is 0 Å². The molecular weight excluding hydrogens is 301 g/mol. The molecule has 0 bridgehead atoms. The first kappa shape index (κ1) is 15.7. The van der Waals surface area contributed by atoms with Crippen LogP contribution in [0.4, 0.5) is 4.39 Å². The molecule has 0 saturated heterocycles. The predicted octanol–water partition coefficient (Wildman–Crippen LogP) is 3.48. The maximum absolute atomic E-state index is 13.6. The first-order chi connectivity index (χ1) is 9.48. The van der Waals surface area contributed by atoms with E-state index in [1.165, 1.54) is 24.6 Å². The van der Waals surface area contributed by atoms with Crippen molar-refractivity contribution in [3.63, 3.8) is 0 Å². The Morgan fingerprint density at radius 3 is 2.60 bits per heavy atom. The molecule has 2 rings (SSSR count). The molecule has 0 radical (unpaired) electrons. The fraction of sp³-hybridized carbons (Fsp3) is 0.571. The average molecular weight is 320 g/mol. The van der Waals surface area contributed by atoms with E-state index < -0.39 is 21.6 Å². The molecule has 1 aromatic carbocycles. The van der Waals surface area contributed by atoms with Gasteiger partial charge >= 0.3 is 0 Å². The lowest BCUT2D eigenvalue weighted by molar-refractivity contribution is 0.357. The smallest absolute Gasteiger partial charge is 0.215 e. The van der Waals surface area contributed by atoms with E-state index in [0.29, 0.717) is 12.5 Å². The van der Waals surface area contributed by atoms with Gasteiger partial charge in [-0.3, -0.25) is 0 Å². The third kappa shape index (κ3) is 4.43. The van der Waals surface area contributed by atoms with Crippen LogP contribution in [0.3, 0.4) is 0 Å². The van der Waals surface area contributed by atoms with Gasteiger partial charge in [-0.05, 0) is 30.9 Å². The van der Waals surface area contributed by atoms with Crippen molar-refractivity contribution < 1.29 is 12.8 Å². The van der Waals surface area contributed by atoms with Crippen LogP contribution in [0.5, 0.6) is 0 Å².